The first-order valence-electron chi connectivity index (χ1n) is 3.40. The summed E-state index contributed by atoms with van der Waals surface area (Å²) in [7, 11) is 0. The van der Waals surface area contributed by atoms with Crippen LogP contribution in [0.1, 0.15) is 0 Å². The second-order valence-corrected chi connectivity index (χ2v) is 2.35. The van der Waals surface area contributed by atoms with Gasteiger partial charge in [-0.15, -0.1) is 0 Å². The average molecular weight is 158 g/mol. The molecule has 0 spiro atoms. The maximum Gasteiger partial charge on any atom is 0.187 e. The quantitative estimate of drug-likeness (QED) is 0.511. The lowest BCUT2D eigenvalue weighted by atomic mass is 10.1. The Labute approximate surface area is 77.0 Å². The molecule has 0 amide bonds. The monoisotopic (exact) mass is 158 g/mol. The van der Waals surface area contributed by atoms with E-state index in [2.05, 4.69) is 48.5 Å². The zero-order valence-electron chi connectivity index (χ0n) is 5.62. The summed E-state index contributed by atoms with van der Waals surface area (Å²) in [6.07, 6.45) is 0. The van der Waals surface area contributed by atoms with Crippen LogP contribution in [0, 0.1) is 0 Å². The number of hydrogen-bond donors (Lipinski definition) is 0. The summed E-state index contributed by atoms with van der Waals surface area (Å²) in [6.45, 7) is 0. The molecule has 0 aliphatic rings. The van der Waals surface area contributed by atoms with Crippen LogP contribution in [0.3, 0.4) is 0 Å². The lowest BCUT2D eigenvalue weighted by Crippen LogP contribution is -1.67. The van der Waals surface area contributed by atoms with Gasteiger partial charge < -0.3 is 0 Å². The van der Waals surface area contributed by atoms with E-state index in [0.29, 0.717) is 0 Å². The Morgan fingerprint density at radius 1 is 0.545 bits per heavy atom. The van der Waals surface area contributed by atoms with Crippen molar-refractivity contribution < 1.29 is 0 Å². The Kier molecular flexibility index (Phi) is 2.71. The predicted molar refractivity (Wildman–Crippen MR) is 53.9 cm³/mol. The number of hydrogen-bond acceptors (Lipinski definition) is 0. The summed E-state index contributed by atoms with van der Waals surface area (Å²) in [6, 6.07) is 16.7. The Hall–Kier alpha value is -0.768. The van der Waals surface area contributed by atoms with Crippen molar-refractivity contribution >= 4 is 28.1 Å². The summed E-state index contributed by atoms with van der Waals surface area (Å²) in [5, 5.41) is 2.62. The van der Waals surface area contributed by atoms with Crippen LogP contribution in [-0.2, 0) is 0 Å². The van der Waals surface area contributed by atoms with E-state index in [4.69, 9.17) is 0 Å². The van der Waals surface area contributed by atoms with E-state index in [1.807, 2.05) is 0 Å². The van der Waals surface area contributed by atoms with Gasteiger partial charge in [0, 0.05) is 0 Å². The molecule has 0 unspecified atom stereocenters. The van der Waals surface area contributed by atoms with Crippen LogP contribution in [-0.4, -0.2) is 17.4 Å². The van der Waals surface area contributed by atoms with Crippen molar-refractivity contribution in [2.75, 3.05) is 0 Å². The van der Waals surface area contributed by atoms with E-state index in [0.717, 1.165) is 0 Å². The van der Waals surface area contributed by atoms with Gasteiger partial charge in [-0.25, -0.2) is 0 Å². The molecule has 0 aliphatic heterocycles. The molecule has 0 heterocycles. The fraction of sp³-hybridized carbons (Fsp3) is 0. The first-order valence-corrected chi connectivity index (χ1v) is 3.40. The number of benzene rings is 2. The number of rotatable bonds is 0. The third kappa shape index (κ3) is 1.63. The summed E-state index contributed by atoms with van der Waals surface area (Å²) >= 11 is 0. The Bertz CT molecular complexity index is 276. The molecule has 0 saturated carbocycles. The highest BCUT2D eigenvalue weighted by Crippen LogP contribution is 2.11. The van der Waals surface area contributed by atoms with Crippen molar-refractivity contribution in [3.63, 3.8) is 0 Å². The van der Waals surface area contributed by atoms with Gasteiger partial charge in [0.15, 0.2) is 17.4 Å². The fourth-order valence-electron chi connectivity index (χ4n) is 1.13. The maximum atomic E-state index is 2.12. The van der Waals surface area contributed by atoms with E-state index >= 15 is 0 Å². The van der Waals surface area contributed by atoms with E-state index in [9.17, 15) is 0 Å². The molecule has 2 aromatic rings. The Balaban J connectivity index is 0.000000605. The summed E-state index contributed by atoms with van der Waals surface area (Å²) in [4.78, 5) is 0. The molecule has 2 rings (SSSR count). The molecule has 0 nitrogen and oxygen atoms in total. The minimum Gasteiger partial charge on any atom is -0.0616 e. The molecule has 0 bridgehead atoms. The van der Waals surface area contributed by atoms with Gasteiger partial charge in [0.2, 0.25) is 0 Å². The topological polar surface area (TPSA) is 0 Å². The molecule has 11 heavy (non-hydrogen) atoms. The van der Waals surface area contributed by atoms with E-state index < -0.39 is 0 Å². The molecule has 0 atom stereocenters. The highest BCUT2D eigenvalue weighted by atomic mass is 27.0. The second-order valence-electron chi connectivity index (χ2n) is 2.35. The molecule has 0 aromatic heterocycles. The lowest BCUT2D eigenvalue weighted by molar-refractivity contribution is 1.75. The van der Waals surface area contributed by atoms with Gasteiger partial charge in [0.25, 0.3) is 0 Å². The molecule has 0 radical (unpaired) electrons. The summed E-state index contributed by atoms with van der Waals surface area (Å²) < 4.78 is 0. The maximum absolute atomic E-state index is 2.12. The van der Waals surface area contributed by atoms with Crippen LogP contribution in [0.15, 0.2) is 48.5 Å². The molecule has 0 saturated heterocycles. The smallest absolute Gasteiger partial charge is 0.0616 e. The van der Waals surface area contributed by atoms with Gasteiger partial charge in [-0.3, -0.25) is 0 Å². The van der Waals surface area contributed by atoms with Gasteiger partial charge in [0.1, 0.15) is 0 Å². The molecule has 0 aliphatic carbocycles. The molecule has 1 heteroatoms. The Morgan fingerprint density at radius 3 is 1.09 bits per heavy atom. The van der Waals surface area contributed by atoms with Crippen LogP contribution in [0.25, 0.3) is 10.8 Å². The van der Waals surface area contributed by atoms with Crippen molar-refractivity contribution in [2.45, 2.75) is 0 Å². The normalized spacial score (nSPS) is 9.09. The van der Waals surface area contributed by atoms with Crippen LogP contribution >= 0.6 is 0 Å². The summed E-state index contributed by atoms with van der Waals surface area (Å²) in [5.41, 5.74) is 0. The van der Waals surface area contributed by atoms with Gasteiger partial charge >= 0.3 is 0 Å². The average Bonchev–Trinajstić information content (AvgIpc) is 2.05. The van der Waals surface area contributed by atoms with Crippen LogP contribution in [0.5, 0.6) is 0 Å². The third-order valence-corrected chi connectivity index (χ3v) is 1.66. The van der Waals surface area contributed by atoms with Crippen LogP contribution in [0.4, 0.5) is 0 Å². The van der Waals surface area contributed by atoms with Crippen molar-refractivity contribution in [3.8, 4) is 0 Å². The standard InChI is InChI=1S/C10H8.Al.3H/c1-2-6-10-8-4-3-7-9(10)5-1;;;;/h1-8H;;;;. The van der Waals surface area contributed by atoms with Crippen molar-refractivity contribution in [1.29, 1.82) is 0 Å². The highest BCUT2D eigenvalue weighted by molar-refractivity contribution is 5.81. The molecule has 2 aromatic carbocycles. The minimum absolute atomic E-state index is 0. The van der Waals surface area contributed by atoms with E-state index in [1.165, 1.54) is 10.8 Å². The van der Waals surface area contributed by atoms with Gasteiger partial charge in [-0.1, -0.05) is 48.5 Å². The summed E-state index contributed by atoms with van der Waals surface area (Å²) in [5.74, 6) is 0. The molecule has 0 N–H and O–H groups in total. The van der Waals surface area contributed by atoms with Gasteiger partial charge in [0.05, 0.1) is 0 Å². The Morgan fingerprint density at radius 2 is 0.818 bits per heavy atom. The lowest BCUT2D eigenvalue weighted by Gasteiger charge is -1.92. The van der Waals surface area contributed by atoms with Crippen LogP contribution in [0.2, 0.25) is 0 Å². The minimum atomic E-state index is 0. The number of fused-ring (bicyclic) bond motifs is 1. The van der Waals surface area contributed by atoms with E-state index in [1.54, 1.807) is 0 Å². The van der Waals surface area contributed by atoms with Gasteiger partial charge in [-0.2, -0.15) is 0 Å². The van der Waals surface area contributed by atoms with Crippen LogP contribution < -0.4 is 0 Å². The van der Waals surface area contributed by atoms with Crippen molar-refractivity contribution in [3.05, 3.63) is 48.5 Å². The fourth-order valence-corrected chi connectivity index (χ4v) is 1.13. The predicted octanol–water partition coefficient (Wildman–Crippen LogP) is 1.66. The largest absolute Gasteiger partial charge is 0.187 e. The van der Waals surface area contributed by atoms with Crippen molar-refractivity contribution in [2.24, 2.45) is 0 Å². The molecular weight excluding hydrogens is 147 g/mol. The third-order valence-electron chi connectivity index (χ3n) is 1.66. The second kappa shape index (κ2) is 3.57. The zero-order chi connectivity index (χ0) is 6.81. The van der Waals surface area contributed by atoms with Crippen molar-refractivity contribution in [1.82, 2.24) is 0 Å². The highest BCUT2D eigenvalue weighted by Gasteiger charge is 1.85. The van der Waals surface area contributed by atoms with Gasteiger partial charge in [-0.05, 0) is 10.8 Å². The first-order chi connectivity index (χ1) is 4.97. The molecular formula is C10H11Al. The zero-order valence-corrected chi connectivity index (χ0v) is 5.62. The molecule has 54 valence electrons. The molecule has 0 fully saturated rings. The SMILES string of the molecule is [AlH3].c1ccc2ccccc2c1. The first kappa shape index (κ1) is 8.33. The van der Waals surface area contributed by atoms with E-state index in [-0.39, 0.29) is 17.4 Å².